The quantitative estimate of drug-likeness (QED) is 0.788. The van der Waals surface area contributed by atoms with Crippen LogP contribution in [-0.2, 0) is 13.5 Å². The van der Waals surface area contributed by atoms with E-state index < -0.39 is 0 Å². The molecule has 0 spiro atoms. The number of hydrogen-bond acceptors (Lipinski definition) is 4. The van der Waals surface area contributed by atoms with Crippen molar-refractivity contribution in [3.63, 3.8) is 0 Å². The van der Waals surface area contributed by atoms with Gasteiger partial charge < -0.3 is 5.32 Å². The Labute approximate surface area is 117 Å². The van der Waals surface area contributed by atoms with Crippen LogP contribution < -0.4 is 5.32 Å². The van der Waals surface area contributed by atoms with Crippen molar-refractivity contribution in [3.8, 4) is 0 Å². The minimum atomic E-state index is 0.813. The minimum absolute atomic E-state index is 0.813. The zero-order valence-electron chi connectivity index (χ0n) is 11.7. The van der Waals surface area contributed by atoms with E-state index in [2.05, 4.69) is 32.7 Å². The molecule has 0 saturated heterocycles. The smallest absolute Gasteiger partial charge is 0.156 e. The van der Waals surface area contributed by atoms with Gasteiger partial charge in [0.2, 0.25) is 0 Å². The molecule has 0 fully saturated rings. The lowest BCUT2D eigenvalue weighted by Gasteiger charge is -2.08. The summed E-state index contributed by atoms with van der Waals surface area (Å²) in [5.74, 6) is 0.843. The fraction of sp³-hybridized carbons (Fsp3) is 0.267. The van der Waals surface area contributed by atoms with Gasteiger partial charge in [-0.15, -0.1) is 5.10 Å². The molecule has 102 valence electrons. The number of nitrogens with zero attached hydrogens (tertiary/aromatic N) is 4. The van der Waals surface area contributed by atoms with Crippen molar-refractivity contribution in [3.05, 3.63) is 47.9 Å². The normalized spacial score (nSPS) is 10.9. The SMILES string of the molecule is Cc1nnc(NCCc2cnn(C)c2)c2ccccc12. The van der Waals surface area contributed by atoms with Crippen molar-refractivity contribution in [2.75, 3.05) is 11.9 Å². The van der Waals surface area contributed by atoms with Gasteiger partial charge in [0.15, 0.2) is 5.82 Å². The van der Waals surface area contributed by atoms with E-state index in [-0.39, 0.29) is 0 Å². The van der Waals surface area contributed by atoms with E-state index >= 15 is 0 Å². The first-order valence-corrected chi connectivity index (χ1v) is 6.67. The third kappa shape index (κ3) is 2.47. The van der Waals surface area contributed by atoms with Crippen molar-refractivity contribution in [1.29, 1.82) is 0 Å². The van der Waals surface area contributed by atoms with E-state index in [4.69, 9.17) is 0 Å². The second-order valence-electron chi connectivity index (χ2n) is 4.88. The predicted molar refractivity (Wildman–Crippen MR) is 79.7 cm³/mol. The summed E-state index contributed by atoms with van der Waals surface area (Å²) in [6.07, 6.45) is 4.83. The zero-order valence-corrected chi connectivity index (χ0v) is 11.7. The second-order valence-corrected chi connectivity index (χ2v) is 4.88. The van der Waals surface area contributed by atoms with Crippen LogP contribution in [0.25, 0.3) is 10.8 Å². The van der Waals surface area contributed by atoms with Crippen molar-refractivity contribution < 1.29 is 0 Å². The molecule has 0 aliphatic heterocycles. The molecule has 2 heterocycles. The summed E-state index contributed by atoms with van der Waals surface area (Å²) in [7, 11) is 1.93. The van der Waals surface area contributed by atoms with E-state index in [1.165, 1.54) is 5.56 Å². The molecule has 0 radical (unpaired) electrons. The summed E-state index contributed by atoms with van der Waals surface area (Å²) < 4.78 is 1.82. The van der Waals surface area contributed by atoms with Crippen LogP contribution in [0.2, 0.25) is 0 Å². The summed E-state index contributed by atoms with van der Waals surface area (Å²) in [6.45, 7) is 2.79. The number of aryl methyl sites for hydroxylation is 2. The highest BCUT2D eigenvalue weighted by molar-refractivity contribution is 5.92. The van der Waals surface area contributed by atoms with Crippen LogP contribution in [0.3, 0.4) is 0 Å². The Morgan fingerprint density at radius 1 is 1.15 bits per heavy atom. The summed E-state index contributed by atoms with van der Waals surface area (Å²) in [5.41, 5.74) is 2.17. The molecule has 2 aromatic heterocycles. The molecular weight excluding hydrogens is 250 g/mol. The third-order valence-electron chi connectivity index (χ3n) is 3.34. The first kappa shape index (κ1) is 12.6. The van der Waals surface area contributed by atoms with Crippen molar-refractivity contribution in [2.24, 2.45) is 7.05 Å². The van der Waals surface area contributed by atoms with E-state index in [1.807, 2.05) is 43.2 Å². The molecule has 0 amide bonds. The van der Waals surface area contributed by atoms with Gasteiger partial charge in [0.1, 0.15) is 0 Å². The average Bonchev–Trinajstić information content (AvgIpc) is 2.87. The van der Waals surface area contributed by atoms with Crippen LogP contribution in [-0.4, -0.2) is 26.5 Å². The van der Waals surface area contributed by atoms with Crippen molar-refractivity contribution >= 4 is 16.6 Å². The molecule has 0 bridgehead atoms. The minimum Gasteiger partial charge on any atom is -0.368 e. The molecule has 1 N–H and O–H groups in total. The first-order valence-electron chi connectivity index (χ1n) is 6.67. The molecule has 5 nitrogen and oxygen atoms in total. The van der Waals surface area contributed by atoms with Crippen LogP contribution in [0, 0.1) is 6.92 Å². The highest BCUT2D eigenvalue weighted by Gasteiger charge is 2.05. The van der Waals surface area contributed by atoms with E-state index in [0.29, 0.717) is 0 Å². The maximum atomic E-state index is 4.26. The topological polar surface area (TPSA) is 55.6 Å². The fourth-order valence-corrected chi connectivity index (χ4v) is 2.29. The van der Waals surface area contributed by atoms with Crippen LogP contribution in [0.5, 0.6) is 0 Å². The van der Waals surface area contributed by atoms with Crippen molar-refractivity contribution in [2.45, 2.75) is 13.3 Å². The summed E-state index contributed by atoms with van der Waals surface area (Å²) in [4.78, 5) is 0. The fourth-order valence-electron chi connectivity index (χ4n) is 2.29. The Balaban J connectivity index is 1.76. The Hall–Kier alpha value is -2.43. The van der Waals surface area contributed by atoms with Gasteiger partial charge in [-0.3, -0.25) is 4.68 Å². The number of rotatable bonds is 4. The van der Waals surface area contributed by atoms with Gasteiger partial charge in [0.25, 0.3) is 0 Å². The van der Waals surface area contributed by atoms with Crippen LogP contribution >= 0.6 is 0 Å². The van der Waals surface area contributed by atoms with Gasteiger partial charge in [-0.25, -0.2) is 0 Å². The van der Waals surface area contributed by atoms with E-state index in [1.54, 1.807) is 0 Å². The van der Waals surface area contributed by atoms with Crippen molar-refractivity contribution in [1.82, 2.24) is 20.0 Å². The molecule has 3 aromatic rings. The number of fused-ring (bicyclic) bond motifs is 1. The van der Waals surface area contributed by atoms with Gasteiger partial charge in [0.05, 0.1) is 11.9 Å². The lowest BCUT2D eigenvalue weighted by atomic mass is 10.1. The predicted octanol–water partition coefficient (Wildman–Crippen LogP) is 2.33. The molecule has 0 atom stereocenters. The lowest BCUT2D eigenvalue weighted by molar-refractivity contribution is 0.766. The highest BCUT2D eigenvalue weighted by Crippen LogP contribution is 2.22. The van der Waals surface area contributed by atoms with Gasteiger partial charge in [-0.05, 0) is 18.9 Å². The van der Waals surface area contributed by atoms with Gasteiger partial charge in [-0.2, -0.15) is 10.2 Å². The Bertz CT molecular complexity index is 732. The number of nitrogens with one attached hydrogen (secondary N) is 1. The Morgan fingerprint density at radius 3 is 2.70 bits per heavy atom. The second kappa shape index (κ2) is 5.28. The van der Waals surface area contributed by atoms with E-state index in [0.717, 1.165) is 35.2 Å². The highest BCUT2D eigenvalue weighted by atomic mass is 15.2. The standard InChI is InChI=1S/C15H17N5/c1-11-13-5-3-4-6-14(13)15(19-18-11)16-8-7-12-9-17-20(2)10-12/h3-6,9-10H,7-8H2,1-2H3,(H,16,19). The summed E-state index contributed by atoms with van der Waals surface area (Å²) in [6, 6.07) is 8.20. The molecule has 0 saturated carbocycles. The van der Waals surface area contributed by atoms with Gasteiger partial charge in [-0.1, -0.05) is 24.3 Å². The van der Waals surface area contributed by atoms with Crippen LogP contribution in [0.4, 0.5) is 5.82 Å². The molecule has 5 heteroatoms. The molecule has 1 aromatic carbocycles. The molecule has 3 rings (SSSR count). The van der Waals surface area contributed by atoms with Gasteiger partial charge >= 0.3 is 0 Å². The summed E-state index contributed by atoms with van der Waals surface area (Å²) >= 11 is 0. The van der Waals surface area contributed by atoms with Gasteiger partial charge in [0, 0.05) is 30.6 Å². The number of hydrogen-bond donors (Lipinski definition) is 1. The molecule has 20 heavy (non-hydrogen) atoms. The number of anilines is 1. The average molecular weight is 267 g/mol. The van der Waals surface area contributed by atoms with E-state index in [9.17, 15) is 0 Å². The lowest BCUT2D eigenvalue weighted by Crippen LogP contribution is -2.07. The third-order valence-corrected chi connectivity index (χ3v) is 3.34. The zero-order chi connectivity index (χ0) is 13.9. The largest absolute Gasteiger partial charge is 0.368 e. The van der Waals surface area contributed by atoms with Crippen LogP contribution in [0.1, 0.15) is 11.3 Å². The Morgan fingerprint density at radius 2 is 1.95 bits per heavy atom. The Kier molecular flexibility index (Phi) is 3.33. The summed E-state index contributed by atoms with van der Waals surface area (Å²) in [5, 5.41) is 18.3. The monoisotopic (exact) mass is 267 g/mol. The van der Waals surface area contributed by atoms with Crippen LogP contribution in [0.15, 0.2) is 36.7 Å². The first-order chi connectivity index (χ1) is 9.74. The number of aromatic nitrogens is 4. The maximum absolute atomic E-state index is 4.26. The molecular formula is C15H17N5. The maximum Gasteiger partial charge on any atom is 0.156 e. The molecule has 0 aliphatic rings. The number of benzene rings is 1. The molecule has 0 unspecified atom stereocenters. The molecule has 0 aliphatic carbocycles.